The van der Waals surface area contributed by atoms with Crippen LogP contribution in [-0.2, 0) is 9.59 Å². The molecule has 8 nitrogen and oxygen atoms in total. The second-order valence-electron chi connectivity index (χ2n) is 2.57. The molecule has 0 aromatic rings. The van der Waals surface area contributed by atoms with Crippen LogP contribution >= 0.6 is 0 Å². The molecule has 0 spiro atoms. The van der Waals surface area contributed by atoms with E-state index >= 15 is 0 Å². The Hall–Kier alpha value is -2.38. The summed E-state index contributed by atoms with van der Waals surface area (Å²) in [6.45, 7) is 0. The van der Waals surface area contributed by atoms with Crippen LogP contribution in [0.1, 0.15) is 0 Å². The van der Waals surface area contributed by atoms with Gasteiger partial charge in [-0.25, -0.2) is 9.59 Å². The van der Waals surface area contributed by atoms with E-state index in [-0.39, 0.29) is 11.4 Å². The molecule has 2 aliphatic rings. The van der Waals surface area contributed by atoms with E-state index < -0.39 is 23.9 Å². The molecule has 72 valence electrons. The first kappa shape index (κ1) is 8.23. The van der Waals surface area contributed by atoms with E-state index in [1.807, 2.05) is 10.6 Å². The van der Waals surface area contributed by atoms with Crippen LogP contribution in [0.5, 0.6) is 0 Å². The van der Waals surface area contributed by atoms with Crippen molar-refractivity contribution in [3.05, 3.63) is 11.4 Å². The SMILES string of the molecule is O=C1NC(=O)C(=C2NC(=O)NC2=O)N1. The molecule has 2 saturated heterocycles. The Balaban J connectivity index is 2.41. The molecule has 0 aromatic carbocycles. The Kier molecular flexibility index (Phi) is 1.50. The summed E-state index contributed by atoms with van der Waals surface area (Å²) < 4.78 is 0. The molecule has 2 heterocycles. The van der Waals surface area contributed by atoms with Gasteiger partial charge < -0.3 is 10.6 Å². The summed E-state index contributed by atoms with van der Waals surface area (Å²) in [6.07, 6.45) is 0. The minimum Gasteiger partial charge on any atom is -0.301 e. The zero-order chi connectivity index (χ0) is 10.3. The smallest absolute Gasteiger partial charge is 0.301 e. The molecule has 14 heavy (non-hydrogen) atoms. The minimum atomic E-state index is -0.748. The number of urea groups is 2. The summed E-state index contributed by atoms with van der Waals surface area (Å²) in [5.41, 5.74) is -0.503. The van der Waals surface area contributed by atoms with Crippen LogP contribution < -0.4 is 21.3 Å². The highest BCUT2D eigenvalue weighted by Crippen LogP contribution is 2.07. The molecular formula is C6H4N4O4. The van der Waals surface area contributed by atoms with Crippen LogP contribution in [0.25, 0.3) is 0 Å². The molecule has 2 aliphatic heterocycles. The molecule has 4 N–H and O–H groups in total. The van der Waals surface area contributed by atoms with Gasteiger partial charge in [-0.2, -0.15) is 0 Å². The monoisotopic (exact) mass is 196 g/mol. The lowest BCUT2D eigenvalue weighted by Crippen LogP contribution is -2.22. The summed E-state index contributed by atoms with van der Waals surface area (Å²) in [4.78, 5) is 43.5. The van der Waals surface area contributed by atoms with Crippen molar-refractivity contribution in [2.75, 3.05) is 0 Å². The van der Waals surface area contributed by atoms with Crippen molar-refractivity contribution in [3.63, 3.8) is 0 Å². The number of carbonyl (C=O) groups is 4. The number of amides is 6. The number of nitrogens with one attached hydrogen (secondary N) is 4. The largest absolute Gasteiger partial charge is 0.326 e. The predicted molar refractivity (Wildman–Crippen MR) is 40.4 cm³/mol. The maximum atomic E-state index is 11.0. The average Bonchev–Trinajstić information content (AvgIpc) is 2.55. The van der Waals surface area contributed by atoms with Crippen molar-refractivity contribution in [2.24, 2.45) is 0 Å². The second kappa shape index (κ2) is 2.55. The van der Waals surface area contributed by atoms with Gasteiger partial charge in [0.15, 0.2) is 0 Å². The number of carbonyl (C=O) groups excluding carboxylic acids is 4. The Morgan fingerprint density at radius 3 is 1.14 bits per heavy atom. The van der Waals surface area contributed by atoms with E-state index in [0.717, 1.165) is 0 Å². The standard InChI is InChI=1S/C6H4N4O4/c11-3-1(7-5(13)9-3)2-4(12)10-6(14)8-2/h(H2,7,9,11,13)(H2,8,10,12,14). The number of hydrogen-bond donors (Lipinski definition) is 4. The van der Waals surface area contributed by atoms with Crippen LogP contribution in [0, 0.1) is 0 Å². The van der Waals surface area contributed by atoms with Gasteiger partial charge in [0.05, 0.1) is 0 Å². The van der Waals surface area contributed by atoms with Crippen molar-refractivity contribution in [3.8, 4) is 0 Å². The molecule has 8 heteroatoms. The van der Waals surface area contributed by atoms with Crippen LogP contribution in [0.4, 0.5) is 9.59 Å². The Morgan fingerprint density at radius 1 is 0.571 bits per heavy atom. The van der Waals surface area contributed by atoms with Crippen molar-refractivity contribution in [1.29, 1.82) is 0 Å². The first-order chi connectivity index (χ1) is 6.58. The van der Waals surface area contributed by atoms with Crippen molar-refractivity contribution < 1.29 is 19.2 Å². The molecule has 0 radical (unpaired) electrons. The van der Waals surface area contributed by atoms with E-state index in [2.05, 4.69) is 10.6 Å². The summed E-state index contributed by atoms with van der Waals surface area (Å²) in [7, 11) is 0. The Labute approximate surface area is 76.7 Å². The third-order valence-electron chi connectivity index (χ3n) is 1.64. The topological polar surface area (TPSA) is 116 Å². The van der Waals surface area contributed by atoms with E-state index in [9.17, 15) is 19.2 Å². The highest BCUT2D eigenvalue weighted by atomic mass is 16.2. The van der Waals surface area contributed by atoms with Gasteiger partial charge in [-0.1, -0.05) is 0 Å². The number of hydrogen-bond acceptors (Lipinski definition) is 4. The van der Waals surface area contributed by atoms with E-state index in [1.165, 1.54) is 0 Å². The number of imide groups is 2. The lowest BCUT2D eigenvalue weighted by molar-refractivity contribution is -0.118. The second-order valence-corrected chi connectivity index (χ2v) is 2.57. The first-order valence-electron chi connectivity index (χ1n) is 3.57. The van der Waals surface area contributed by atoms with E-state index in [4.69, 9.17) is 0 Å². The van der Waals surface area contributed by atoms with Gasteiger partial charge >= 0.3 is 12.1 Å². The van der Waals surface area contributed by atoms with Gasteiger partial charge in [0.25, 0.3) is 11.8 Å². The van der Waals surface area contributed by atoms with Crippen molar-refractivity contribution in [1.82, 2.24) is 21.3 Å². The molecule has 0 saturated carbocycles. The van der Waals surface area contributed by atoms with Gasteiger partial charge in [-0.05, 0) is 0 Å². The van der Waals surface area contributed by atoms with Gasteiger partial charge in [-0.15, -0.1) is 0 Å². The van der Waals surface area contributed by atoms with E-state index in [1.54, 1.807) is 0 Å². The molecule has 0 atom stereocenters. The molecular weight excluding hydrogens is 192 g/mol. The maximum Gasteiger partial charge on any atom is 0.326 e. The maximum absolute atomic E-state index is 11.0. The summed E-state index contributed by atoms with van der Waals surface area (Å²) >= 11 is 0. The lowest BCUT2D eigenvalue weighted by atomic mass is 10.3. The third-order valence-corrected chi connectivity index (χ3v) is 1.64. The fraction of sp³-hybridized carbons (Fsp3) is 0. The summed E-state index contributed by atoms with van der Waals surface area (Å²) in [6, 6.07) is -1.46. The van der Waals surface area contributed by atoms with Crippen LogP contribution in [0.2, 0.25) is 0 Å². The van der Waals surface area contributed by atoms with Gasteiger partial charge in [0, 0.05) is 0 Å². The fourth-order valence-electron chi connectivity index (χ4n) is 1.09. The van der Waals surface area contributed by atoms with Gasteiger partial charge in [-0.3, -0.25) is 20.2 Å². The highest BCUT2D eigenvalue weighted by molar-refractivity contribution is 6.20. The zero-order valence-electron chi connectivity index (χ0n) is 6.63. The van der Waals surface area contributed by atoms with Crippen LogP contribution in [0.3, 0.4) is 0 Å². The lowest BCUT2D eigenvalue weighted by Gasteiger charge is -1.96. The normalized spacial score (nSPS) is 25.7. The molecule has 2 fully saturated rings. The molecule has 0 aromatic heterocycles. The zero-order valence-corrected chi connectivity index (χ0v) is 6.63. The average molecular weight is 196 g/mol. The van der Waals surface area contributed by atoms with Crippen LogP contribution in [0.15, 0.2) is 11.4 Å². The van der Waals surface area contributed by atoms with Crippen molar-refractivity contribution in [2.45, 2.75) is 0 Å². The molecule has 0 aliphatic carbocycles. The quantitative estimate of drug-likeness (QED) is 0.261. The fourth-order valence-corrected chi connectivity index (χ4v) is 1.09. The first-order valence-corrected chi connectivity index (χ1v) is 3.57. The third kappa shape index (κ3) is 1.09. The Morgan fingerprint density at radius 2 is 0.929 bits per heavy atom. The molecule has 0 unspecified atom stereocenters. The molecule has 0 bridgehead atoms. The predicted octanol–water partition coefficient (Wildman–Crippen LogP) is -2.12. The molecule has 2 rings (SSSR count). The van der Waals surface area contributed by atoms with Gasteiger partial charge in [0.2, 0.25) is 0 Å². The minimum absolute atomic E-state index is 0.252. The van der Waals surface area contributed by atoms with Gasteiger partial charge in [0.1, 0.15) is 11.4 Å². The molecule has 6 amide bonds. The van der Waals surface area contributed by atoms with Crippen LogP contribution in [-0.4, -0.2) is 23.9 Å². The summed E-state index contributed by atoms with van der Waals surface area (Å²) in [5, 5.41) is 8.00. The van der Waals surface area contributed by atoms with Crippen molar-refractivity contribution >= 4 is 23.9 Å². The highest BCUT2D eigenvalue weighted by Gasteiger charge is 2.34. The Bertz CT molecular complexity index is 372. The number of rotatable bonds is 0. The summed E-state index contributed by atoms with van der Waals surface area (Å²) in [5.74, 6) is -1.50. The van der Waals surface area contributed by atoms with E-state index in [0.29, 0.717) is 0 Å².